The van der Waals surface area contributed by atoms with Crippen LogP contribution in [0.25, 0.3) is 0 Å². The molecule has 22 heavy (non-hydrogen) atoms. The van der Waals surface area contributed by atoms with Crippen molar-refractivity contribution in [3.05, 3.63) is 12.2 Å². The molecular weight excluding hydrogens is 282 g/mol. The van der Waals surface area contributed by atoms with Crippen molar-refractivity contribution in [3.8, 4) is 0 Å². The van der Waals surface area contributed by atoms with E-state index in [1.807, 2.05) is 11.5 Å². The fourth-order valence-corrected chi connectivity index (χ4v) is 2.60. The van der Waals surface area contributed by atoms with Crippen LogP contribution in [-0.4, -0.2) is 65.0 Å². The van der Waals surface area contributed by atoms with E-state index >= 15 is 0 Å². The third-order valence-electron chi connectivity index (χ3n) is 3.93. The van der Waals surface area contributed by atoms with Crippen molar-refractivity contribution in [1.82, 2.24) is 25.0 Å². The van der Waals surface area contributed by atoms with Crippen molar-refractivity contribution in [2.75, 3.05) is 39.4 Å². The second-order valence-corrected chi connectivity index (χ2v) is 6.10. The zero-order valence-electron chi connectivity index (χ0n) is 13.8. The number of rotatable bonds is 7. The predicted molar refractivity (Wildman–Crippen MR) is 83.5 cm³/mol. The average molecular weight is 309 g/mol. The molecule has 7 nitrogen and oxygen atoms in total. The van der Waals surface area contributed by atoms with Crippen LogP contribution < -0.4 is 5.32 Å². The number of aromatic nitrogens is 3. The van der Waals surface area contributed by atoms with Crippen LogP contribution in [0.1, 0.15) is 32.6 Å². The summed E-state index contributed by atoms with van der Waals surface area (Å²) < 4.78 is 7.35. The Bertz CT molecular complexity index is 468. The number of carbonyl (C=O) groups excluding carboxylic acids is 1. The maximum atomic E-state index is 12.2. The molecule has 0 bridgehead atoms. The van der Waals surface area contributed by atoms with Gasteiger partial charge in [0.05, 0.1) is 13.2 Å². The van der Waals surface area contributed by atoms with Gasteiger partial charge in [0.15, 0.2) is 0 Å². The second-order valence-electron chi connectivity index (χ2n) is 6.10. The first kappa shape index (κ1) is 16.9. The quantitative estimate of drug-likeness (QED) is 0.793. The number of hydrogen-bond donors (Lipinski definition) is 1. The molecule has 0 aromatic carbocycles. The van der Waals surface area contributed by atoms with E-state index in [1.54, 1.807) is 6.33 Å². The molecule has 0 unspecified atom stereocenters. The van der Waals surface area contributed by atoms with Gasteiger partial charge in [-0.05, 0) is 13.8 Å². The van der Waals surface area contributed by atoms with E-state index in [0.29, 0.717) is 19.0 Å². The van der Waals surface area contributed by atoms with Gasteiger partial charge in [0.2, 0.25) is 5.91 Å². The van der Waals surface area contributed by atoms with Gasteiger partial charge in [-0.25, -0.2) is 0 Å². The molecule has 1 aromatic heterocycles. The minimum atomic E-state index is -0.0129. The van der Waals surface area contributed by atoms with Gasteiger partial charge in [-0.15, -0.1) is 10.2 Å². The Balaban J connectivity index is 1.71. The molecule has 1 amide bonds. The smallest absolute Gasteiger partial charge is 0.224 e. The Labute approximate surface area is 132 Å². The van der Waals surface area contributed by atoms with E-state index in [9.17, 15) is 4.79 Å². The van der Waals surface area contributed by atoms with Gasteiger partial charge in [0, 0.05) is 44.6 Å². The molecule has 2 rings (SSSR count). The van der Waals surface area contributed by atoms with Gasteiger partial charge in [-0.2, -0.15) is 0 Å². The molecule has 1 aliphatic heterocycles. The lowest BCUT2D eigenvalue weighted by Gasteiger charge is -2.28. The topological polar surface area (TPSA) is 72.3 Å². The van der Waals surface area contributed by atoms with Crippen LogP contribution in [0.2, 0.25) is 0 Å². The molecule has 0 radical (unpaired) electrons. The number of hydrogen-bond acceptors (Lipinski definition) is 5. The van der Waals surface area contributed by atoms with E-state index in [0.717, 1.165) is 38.7 Å². The van der Waals surface area contributed by atoms with Crippen LogP contribution >= 0.6 is 0 Å². The molecule has 2 heterocycles. The van der Waals surface area contributed by atoms with Crippen LogP contribution in [0, 0.1) is 5.92 Å². The maximum Gasteiger partial charge on any atom is 0.224 e. The Kier molecular flexibility index (Phi) is 6.33. The summed E-state index contributed by atoms with van der Waals surface area (Å²) in [5, 5.41) is 11.0. The molecule has 7 heteroatoms. The molecule has 1 aromatic rings. The van der Waals surface area contributed by atoms with Crippen molar-refractivity contribution in [2.45, 2.75) is 33.2 Å². The normalized spacial score (nSPS) is 17.6. The summed E-state index contributed by atoms with van der Waals surface area (Å²) in [6.45, 7) is 10.9. The number of morpholine rings is 1. The summed E-state index contributed by atoms with van der Waals surface area (Å²) in [7, 11) is 0. The Morgan fingerprint density at radius 2 is 2.09 bits per heavy atom. The molecule has 1 fully saturated rings. The largest absolute Gasteiger partial charge is 0.379 e. The average Bonchev–Trinajstić information content (AvgIpc) is 2.97. The highest BCUT2D eigenvalue weighted by molar-refractivity contribution is 5.78. The summed E-state index contributed by atoms with van der Waals surface area (Å²) in [5.41, 5.74) is 0. The van der Waals surface area contributed by atoms with Gasteiger partial charge in [-0.3, -0.25) is 9.69 Å². The lowest BCUT2D eigenvalue weighted by molar-refractivity contribution is -0.125. The standard InChI is InChI=1S/C15H27N5O2/c1-12(2)20-11-17-18-14(20)4-5-16-15(21)13(3)10-19-6-8-22-9-7-19/h11-13H,4-10H2,1-3H3,(H,16,21)/t13-/m1/s1. The van der Waals surface area contributed by atoms with E-state index in [-0.39, 0.29) is 11.8 Å². The number of carbonyl (C=O) groups is 1. The zero-order valence-corrected chi connectivity index (χ0v) is 13.8. The van der Waals surface area contributed by atoms with Crippen molar-refractivity contribution < 1.29 is 9.53 Å². The van der Waals surface area contributed by atoms with E-state index in [1.165, 1.54) is 0 Å². The highest BCUT2D eigenvalue weighted by Gasteiger charge is 2.18. The SMILES string of the molecule is CC(C)n1cnnc1CCNC(=O)[C@H](C)CN1CCOCC1. The van der Waals surface area contributed by atoms with E-state index in [2.05, 4.69) is 34.3 Å². The number of nitrogens with one attached hydrogen (secondary N) is 1. The van der Waals surface area contributed by atoms with Gasteiger partial charge in [0.1, 0.15) is 12.2 Å². The molecule has 0 aliphatic carbocycles. The Morgan fingerprint density at radius 3 is 2.77 bits per heavy atom. The van der Waals surface area contributed by atoms with Crippen LogP contribution in [-0.2, 0) is 16.0 Å². The van der Waals surface area contributed by atoms with Gasteiger partial charge in [-0.1, -0.05) is 6.92 Å². The fraction of sp³-hybridized carbons (Fsp3) is 0.800. The first-order chi connectivity index (χ1) is 10.6. The summed E-state index contributed by atoms with van der Waals surface area (Å²) in [6.07, 6.45) is 2.44. The van der Waals surface area contributed by atoms with Crippen LogP contribution in [0.3, 0.4) is 0 Å². The van der Waals surface area contributed by atoms with E-state index < -0.39 is 0 Å². The lowest BCUT2D eigenvalue weighted by Crippen LogP contribution is -2.43. The zero-order chi connectivity index (χ0) is 15.9. The highest BCUT2D eigenvalue weighted by Crippen LogP contribution is 2.07. The van der Waals surface area contributed by atoms with Crippen LogP contribution in [0.15, 0.2) is 6.33 Å². The summed E-state index contributed by atoms with van der Waals surface area (Å²) in [5.74, 6) is 0.999. The van der Waals surface area contributed by atoms with Crippen LogP contribution in [0.5, 0.6) is 0 Å². The third-order valence-corrected chi connectivity index (χ3v) is 3.93. The van der Waals surface area contributed by atoms with Crippen molar-refractivity contribution in [2.24, 2.45) is 5.92 Å². The molecule has 0 spiro atoms. The minimum Gasteiger partial charge on any atom is -0.379 e. The van der Waals surface area contributed by atoms with Crippen molar-refractivity contribution in [1.29, 1.82) is 0 Å². The second kappa shape index (κ2) is 8.24. The van der Waals surface area contributed by atoms with Gasteiger partial charge in [0.25, 0.3) is 0 Å². The Hall–Kier alpha value is -1.47. The summed E-state index contributed by atoms with van der Waals surface area (Å²) in [6, 6.07) is 0.334. The Morgan fingerprint density at radius 1 is 1.36 bits per heavy atom. The number of amides is 1. The van der Waals surface area contributed by atoms with Crippen molar-refractivity contribution in [3.63, 3.8) is 0 Å². The lowest BCUT2D eigenvalue weighted by atomic mass is 10.1. The number of nitrogens with zero attached hydrogens (tertiary/aromatic N) is 4. The predicted octanol–water partition coefficient (Wildman–Crippen LogP) is 0.486. The molecule has 1 saturated heterocycles. The summed E-state index contributed by atoms with van der Waals surface area (Å²) >= 11 is 0. The van der Waals surface area contributed by atoms with E-state index in [4.69, 9.17) is 4.74 Å². The molecule has 1 N–H and O–H groups in total. The minimum absolute atomic E-state index is 0.0129. The monoisotopic (exact) mass is 309 g/mol. The molecule has 0 saturated carbocycles. The first-order valence-electron chi connectivity index (χ1n) is 8.04. The van der Waals surface area contributed by atoms with Crippen molar-refractivity contribution >= 4 is 5.91 Å². The molecular formula is C15H27N5O2. The van der Waals surface area contributed by atoms with Crippen LogP contribution in [0.4, 0.5) is 0 Å². The van der Waals surface area contributed by atoms with Gasteiger partial charge < -0.3 is 14.6 Å². The molecule has 124 valence electrons. The third kappa shape index (κ3) is 4.78. The van der Waals surface area contributed by atoms with Gasteiger partial charge >= 0.3 is 0 Å². The highest BCUT2D eigenvalue weighted by atomic mass is 16.5. The first-order valence-corrected chi connectivity index (χ1v) is 8.04. The fourth-order valence-electron chi connectivity index (χ4n) is 2.60. The maximum absolute atomic E-state index is 12.2. The molecule has 1 aliphatic rings. The molecule has 1 atom stereocenters. The summed E-state index contributed by atoms with van der Waals surface area (Å²) in [4.78, 5) is 14.4. The number of ether oxygens (including phenoxy) is 1.